The van der Waals surface area contributed by atoms with E-state index < -0.39 is 15.8 Å². The molecule has 1 aliphatic heterocycles. The van der Waals surface area contributed by atoms with Crippen molar-refractivity contribution < 1.29 is 12.8 Å². The van der Waals surface area contributed by atoms with E-state index in [0.717, 1.165) is 26.1 Å². The molecule has 2 rings (SSSR count). The first kappa shape index (κ1) is 15.4. The molecule has 6 heteroatoms. The molecule has 20 heavy (non-hydrogen) atoms. The standard InChI is InChI=1S/C14H21FN2O2S/c1-3-6-16-7-9-17(10-8-16)20(18,19)14-5-4-13(15)11-12(14)2/h4-5,11H,3,6-10H2,1-2H3. The van der Waals surface area contributed by atoms with Gasteiger partial charge in [0.05, 0.1) is 4.90 Å². The van der Waals surface area contributed by atoms with Crippen LogP contribution in [0, 0.1) is 12.7 Å². The van der Waals surface area contributed by atoms with E-state index in [1.165, 1.54) is 22.5 Å². The summed E-state index contributed by atoms with van der Waals surface area (Å²) in [6, 6.07) is 3.83. The Bertz CT molecular complexity index is 567. The Kier molecular flexibility index (Phi) is 4.78. The van der Waals surface area contributed by atoms with Gasteiger partial charge in [0.1, 0.15) is 5.82 Å². The summed E-state index contributed by atoms with van der Waals surface area (Å²) in [5, 5.41) is 0. The van der Waals surface area contributed by atoms with Crippen molar-refractivity contribution in [1.29, 1.82) is 0 Å². The summed E-state index contributed by atoms with van der Waals surface area (Å²) in [6.45, 7) is 7.26. The van der Waals surface area contributed by atoms with Crippen molar-refractivity contribution in [2.75, 3.05) is 32.7 Å². The molecule has 1 fully saturated rings. The van der Waals surface area contributed by atoms with E-state index in [2.05, 4.69) is 11.8 Å². The topological polar surface area (TPSA) is 40.6 Å². The molecule has 0 aromatic heterocycles. The van der Waals surface area contributed by atoms with Crippen molar-refractivity contribution in [3.05, 3.63) is 29.6 Å². The molecule has 0 amide bonds. The highest BCUT2D eigenvalue weighted by atomic mass is 32.2. The van der Waals surface area contributed by atoms with Crippen LogP contribution in [0.3, 0.4) is 0 Å². The fraction of sp³-hybridized carbons (Fsp3) is 0.571. The second kappa shape index (κ2) is 6.20. The molecule has 0 N–H and O–H groups in total. The van der Waals surface area contributed by atoms with Gasteiger partial charge in [-0.15, -0.1) is 0 Å². The van der Waals surface area contributed by atoms with Crippen LogP contribution in [0.2, 0.25) is 0 Å². The fourth-order valence-corrected chi connectivity index (χ4v) is 4.18. The van der Waals surface area contributed by atoms with Crippen LogP contribution in [0.5, 0.6) is 0 Å². The number of piperazine rings is 1. The van der Waals surface area contributed by atoms with Gasteiger partial charge in [0.2, 0.25) is 10.0 Å². The Balaban J connectivity index is 2.15. The normalized spacial score (nSPS) is 18.4. The van der Waals surface area contributed by atoms with E-state index in [9.17, 15) is 12.8 Å². The van der Waals surface area contributed by atoms with Gasteiger partial charge in [0.25, 0.3) is 0 Å². The van der Waals surface area contributed by atoms with Crippen LogP contribution in [0.1, 0.15) is 18.9 Å². The van der Waals surface area contributed by atoms with Gasteiger partial charge in [-0.05, 0) is 43.7 Å². The Labute approximate surface area is 120 Å². The maximum Gasteiger partial charge on any atom is 0.243 e. The van der Waals surface area contributed by atoms with Crippen LogP contribution < -0.4 is 0 Å². The molecule has 0 unspecified atom stereocenters. The van der Waals surface area contributed by atoms with E-state index >= 15 is 0 Å². The first-order chi connectivity index (χ1) is 9.45. The van der Waals surface area contributed by atoms with Crippen LogP contribution in [0.4, 0.5) is 4.39 Å². The number of halogens is 1. The lowest BCUT2D eigenvalue weighted by Crippen LogP contribution is -2.48. The summed E-state index contributed by atoms with van der Waals surface area (Å²) in [5.74, 6) is -0.408. The van der Waals surface area contributed by atoms with Crippen molar-refractivity contribution >= 4 is 10.0 Å². The second-order valence-corrected chi connectivity index (χ2v) is 7.06. The number of hydrogen-bond donors (Lipinski definition) is 0. The third kappa shape index (κ3) is 3.19. The van der Waals surface area contributed by atoms with Crippen molar-refractivity contribution in [2.45, 2.75) is 25.2 Å². The maximum atomic E-state index is 13.1. The third-order valence-corrected chi connectivity index (χ3v) is 5.68. The first-order valence-electron chi connectivity index (χ1n) is 6.94. The molecule has 0 aliphatic carbocycles. The predicted molar refractivity (Wildman–Crippen MR) is 76.6 cm³/mol. The average Bonchev–Trinajstić information content (AvgIpc) is 2.39. The summed E-state index contributed by atoms with van der Waals surface area (Å²) < 4.78 is 39.7. The van der Waals surface area contributed by atoms with Gasteiger partial charge in [0, 0.05) is 26.2 Å². The third-order valence-electron chi connectivity index (χ3n) is 3.63. The molecule has 0 bridgehead atoms. The van der Waals surface area contributed by atoms with Crippen molar-refractivity contribution in [3.63, 3.8) is 0 Å². The molecule has 1 heterocycles. The lowest BCUT2D eigenvalue weighted by atomic mass is 10.2. The van der Waals surface area contributed by atoms with Crippen LogP contribution in [0.15, 0.2) is 23.1 Å². The van der Waals surface area contributed by atoms with Gasteiger partial charge >= 0.3 is 0 Å². The van der Waals surface area contributed by atoms with Gasteiger partial charge in [0.15, 0.2) is 0 Å². The summed E-state index contributed by atoms with van der Waals surface area (Å²) in [7, 11) is -3.51. The average molecular weight is 300 g/mol. The summed E-state index contributed by atoms with van der Waals surface area (Å²) in [4.78, 5) is 2.48. The molecule has 1 saturated heterocycles. The lowest BCUT2D eigenvalue weighted by Gasteiger charge is -2.34. The number of benzene rings is 1. The summed E-state index contributed by atoms with van der Waals surface area (Å²) in [5.41, 5.74) is 0.459. The molecule has 0 saturated carbocycles. The minimum absolute atomic E-state index is 0.211. The van der Waals surface area contributed by atoms with Gasteiger partial charge in [-0.2, -0.15) is 4.31 Å². The molecule has 1 aromatic rings. The Morgan fingerprint density at radius 1 is 1.20 bits per heavy atom. The van der Waals surface area contributed by atoms with E-state index in [4.69, 9.17) is 0 Å². The van der Waals surface area contributed by atoms with Gasteiger partial charge in [-0.1, -0.05) is 6.92 Å². The van der Waals surface area contributed by atoms with Crippen LogP contribution in [0.25, 0.3) is 0 Å². The SMILES string of the molecule is CCCN1CCN(S(=O)(=O)c2ccc(F)cc2C)CC1. The first-order valence-corrected chi connectivity index (χ1v) is 8.38. The molecule has 112 valence electrons. The zero-order chi connectivity index (χ0) is 14.8. The quantitative estimate of drug-likeness (QED) is 0.852. The molecule has 0 atom stereocenters. The molecule has 1 aliphatic rings. The Hall–Kier alpha value is -0.980. The summed E-state index contributed by atoms with van der Waals surface area (Å²) >= 11 is 0. The highest BCUT2D eigenvalue weighted by Gasteiger charge is 2.29. The molecule has 0 radical (unpaired) electrons. The van der Waals surface area contributed by atoms with Gasteiger partial charge in [-0.25, -0.2) is 12.8 Å². The number of aryl methyl sites for hydroxylation is 1. The Morgan fingerprint density at radius 2 is 1.85 bits per heavy atom. The lowest BCUT2D eigenvalue weighted by molar-refractivity contribution is 0.188. The fourth-order valence-electron chi connectivity index (χ4n) is 2.55. The van der Waals surface area contributed by atoms with Crippen molar-refractivity contribution in [1.82, 2.24) is 9.21 Å². The summed E-state index contributed by atoms with van der Waals surface area (Å²) in [6.07, 6.45) is 1.07. The van der Waals surface area contributed by atoms with E-state index in [1.807, 2.05) is 0 Å². The van der Waals surface area contributed by atoms with E-state index in [0.29, 0.717) is 18.7 Å². The predicted octanol–water partition coefficient (Wildman–Crippen LogP) is 1.85. The minimum atomic E-state index is -3.51. The van der Waals surface area contributed by atoms with E-state index in [1.54, 1.807) is 6.92 Å². The number of hydrogen-bond acceptors (Lipinski definition) is 3. The van der Waals surface area contributed by atoms with Crippen LogP contribution in [-0.2, 0) is 10.0 Å². The van der Waals surface area contributed by atoms with Crippen molar-refractivity contribution in [2.24, 2.45) is 0 Å². The van der Waals surface area contributed by atoms with Crippen LogP contribution in [-0.4, -0.2) is 50.3 Å². The largest absolute Gasteiger partial charge is 0.301 e. The number of nitrogens with zero attached hydrogens (tertiary/aromatic N) is 2. The Morgan fingerprint density at radius 3 is 2.40 bits per heavy atom. The molecule has 1 aromatic carbocycles. The minimum Gasteiger partial charge on any atom is -0.301 e. The van der Waals surface area contributed by atoms with Gasteiger partial charge in [-0.3, -0.25) is 0 Å². The number of sulfonamides is 1. The molecule has 0 spiro atoms. The molecular formula is C14H21FN2O2S. The highest BCUT2D eigenvalue weighted by molar-refractivity contribution is 7.89. The van der Waals surface area contributed by atoms with Crippen LogP contribution >= 0.6 is 0 Å². The highest BCUT2D eigenvalue weighted by Crippen LogP contribution is 2.21. The van der Waals surface area contributed by atoms with Crippen molar-refractivity contribution in [3.8, 4) is 0 Å². The second-order valence-electron chi connectivity index (χ2n) is 5.16. The smallest absolute Gasteiger partial charge is 0.243 e. The molecule has 4 nitrogen and oxygen atoms in total. The maximum absolute atomic E-state index is 13.1. The number of rotatable bonds is 4. The van der Waals surface area contributed by atoms with E-state index in [-0.39, 0.29) is 4.90 Å². The zero-order valence-corrected chi connectivity index (χ0v) is 12.8. The van der Waals surface area contributed by atoms with Gasteiger partial charge < -0.3 is 4.90 Å². The monoisotopic (exact) mass is 300 g/mol. The zero-order valence-electron chi connectivity index (χ0n) is 12.0. The molecular weight excluding hydrogens is 279 g/mol.